The minimum atomic E-state index is -0.263. The molecule has 0 bridgehead atoms. The summed E-state index contributed by atoms with van der Waals surface area (Å²) < 4.78 is 11.1. The van der Waals surface area contributed by atoms with Crippen molar-refractivity contribution in [1.82, 2.24) is 4.90 Å². The molecule has 0 saturated carbocycles. The molecule has 0 spiro atoms. The number of nitrogens with zero attached hydrogens (tertiary/aromatic N) is 2. The SMILES string of the molecule is O=C(Nc1ccc2c(c1)OCCO2)c1cccc(N2CCCN(Cc3ccc(Cl)cc3)C2=O)c1. The number of carbonyl (C=O) groups excluding carboxylic acids is 2. The summed E-state index contributed by atoms with van der Waals surface area (Å²) in [6.07, 6.45) is 0.840. The van der Waals surface area contributed by atoms with Crippen LogP contribution in [-0.2, 0) is 6.54 Å². The summed E-state index contributed by atoms with van der Waals surface area (Å²) >= 11 is 5.98. The molecule has 0 unspecified atom stereocenters. The molecule has 2 aliphatic heterocycles. The fourth-order valence-corrected chi connectivity index (χ4v) is 4.24. The molecule has 7 nitrogen and oxygen atoms in total. The number of ether oxygens (including phenoxy) is 2. The number of rotatable bonds is 5. The van der Waals surface area contributed by atoms with Gasteiger partial charge in [-0.25, -0.2) is 4.79 Å². The lowest BCUT2D eigenvalue weighted by Crippen LogP contribution is -2.49. The summed E-state index contributed by atoms with van der Waals surface area (Å²) in [4.78, 5) is 29.7. The van der Waals surface area contributed by atoms with Crippen LogP contribution >= 0.6 is 11.6 Å². The Bertz CT molecular complexity index is 1210. The number of hydrogen-bond acceptors (Lipinski definition) is 4. The Morgan fingerprint density at radius 1 is 0.941 bits per heavy atom. The molecule has 0 aromatic heterocycles. The molecule has 0 radical (unpaired) electrons. The molecule has 2 aliphatic rings. The van der Waals surface area contributed by atoms with Gasteiger partial charge in [-0.3, -0.25) is 9.69 Å². The second-order valence-electron chi connectivity index (χ2n) is 8.20. The highest BCUT2D eigenvalue weighted by molar-refractivity contribution is 6.30. The Kier molecular flexibility index (Phi) is 6.27. The van der Waals surface area contributed by atoms with E-state index < -0.39 is 0 Å². The fraction of sp³-hybridized carbons (Fsp3) is 0.231. The monoisotopic (exact) mass is 477 g/mol. The van der Waals surface area contributed by atoms with Crippen LogP contribution in [0.3, 0.4) is 0 Å². The van der Waals surface area contributed by atoms with E-state index >= 15 is 0 Å². The summed E-state index contributed by atoms with van der Waals surface area (Å²) in [5.41, 5.74) is 2.80. The van der Waals surface area contributed by atoms with E-state index in [0.29, 0.717) is 66.3 Å². The maximum absolute atomic E-state index is 13.2. The van der Waals surface area contributed by atoms with Gasteiger partial charge in [0.2, 0.25) is 0 Å². The zero-order valence-electron chi connectivity index (χ0n) is 18.5. The van der Waals surface area contributed by atoms with Gasteiger partial charge in [0.15, 0.2) is 11.5 Å². The van der Waals surface area contributed by atoms with Gasteiger partial charge in [-0.1, -0.05) is 29.8 Å². The third-order valence-corrected chi connectivity index (χ3v) is 6.07. The van der Waals surface area contributed by atoms with Crippen molar-refractivity contribution < 1.29 is 19.1 Å². The molecule has 0 aliphatic carbocycles. The second-order valence-corrected chi connectivity index (χ2v) is 8.64. The normalized spacial score (nSPS) is 15.3. The van der Waals surface area contributed by atoms with Gasteiger partial charge in [0.05, 0.1) is 0 Å². The maximum atomic E-state index is 13.2. The van der Waals surface area contributed by atoms with Crippen molar-refractivity contribution in [2.75, 3.05) is 36.5 Å². The lowest BCUT2D eigenvalue weighted by Gasteiger charge is -2.35. The number of nitrogens with one attached hydrogen (secondary N) is 1. The van der Waals surface area contributed by atoms with Crippen molar-refractivity contribution in [3.63, 3.8) is 0 Å². The van der Waals surface area contributed by atoms with E-state index in [-0.39, 0.29) is 11.9 Å². The van der Waals surface area contributed by atoms with Gasteiger partial charge in [-0.05, 0) is 54.4 Å². The van der Waals surface area contributed by atoms with Gasteiger partial charge in [-0.2, -0.15) is 0 Å². The number of urea groups is 1. The van der Waals surface area contributed by atoms with Crippen molar-refractivity contribution in [2.45, 2.75) is 13.0 Å². The number of anilines is 2. The van der Waals surface area contributed by atoms with Crippen molar-refractivity contribution >= 4 is 34.9 Å². The van der Waals surface area contributed by atoms with E-state index in [1.54, 1.807) is 41.3 Å². The minimum absolute atomic E-state index is 0.0782. The molecular weight excluding hydrogens is 454 g/mol. The first kappa shape index (κ1) is 22.1. The first-order chi connectivity index (χ1) is 16.6. The summed E-state index contributed by atoms with van der Waals surface area (Å²) in [6.45, 7) is 2.78. The quantitative estimate of drug-likeness (QED) is 0.548. The van der Waals surface area contributed by atoms with Crippen LogP contribution in [0.15, 0.2) is 66.7 Å². The predicted octanol–water partition coefficient (Wildman–Crippen LogP) is 5.20. The highest BCUT2D eigenvalue weighted by Crippen LogP contribution is 2.33. The van der Waals surface area contributed by atoms with Crippen LogP contribution in [0, 0.1) is 0 Å². The van der Waals surface area contributed by atoms with Crippen LogP contribution < -0.4 is 19.7 Å². The first-order valence-electron chi connectivity index (χ1n) is 11.2. The number of hydrogen-bond donors (Lipinski definition) is 1. The topological polar surface area (TPSA) is 71.1 Å². The number of benzene rings is 3. The third kappa shape index (κ3) is 4.79. The Balaban J connectivity index is 1.29. The number of amides is 3. The molecular formula is C26H24ClN3O4. The Labute approximate surface area is 202 Å². The van der Waals surface area contributed by atoms with E-state index in [4.69, 9.17) is 21.1 Å². The predicted molar refractivity (Wildman–Crippen MR) is 131 cm³/mol. The molecule has 1 fully saturated rings. The molecule has 1 saturated heterocycles. The van der Waals surface area contributed by atoms with Crippen molar-refractivity contribution in [1.29, 1.82) is 0 Å². The van der Waals surface area contributed by atoms with Crippen LogP contribution in [0.1, 0.15) is 22.3 Å². The third-order valence-electron chi connectivity index (χ3n) is 5.82. The van der Waals surface area contributed by atoms with Gasteiger partial charge in [-0.15, -0.1) is 0 Å². The molecule has 34 heavy (non-hydrogen) atoms. The molecule has 3 aromatic carbocycles. The first-order valence-corrected chi connectivity index (χ1v) is 11.6. The molecule has 3 amide bonds. The molecule has 1 N–H and O–H groups in total. The van der Waals surface area contributed by atoms with E-state index in [9.17, 15) is 9.59 Å². The molecule has 2 heterocycles. The van der Waals surface area contributed by atoms with Crippen LogP contribution in [0.5, 0.6) is 11.5 Å². The lowest BCUT2D eigenvalue weighted by atomic mass is 10.1. The van der Waals surface area contributed by atoms with Gasteiger partial charge in [0.25, 0.3) is 5.91 Å². The highest BCUT2D eigenvalue weighted by atomic mass is 35.5. The minimum Gasteiger partial charge on any atom is -0.486 e. The molecule has 3 aromatic rings. The van der Waals surface area contributed by atoms with Gasteiger partial charge < -0.3 is 19.7 Å². The smallest absolute Gasteiger partial charge is 0.324 e. The number of fused-ring (bicyclic) bond motifs is 1. The van der Waals surface area contributed by atoms with E-state index in [2.05, 4.69) is 5.32 Å². The van der Waals surface area contributed by atoms with E-state index in [0.717, 1.165) is 12.0 Å². The largest absolute Gasteiger partial charge is 0.486 e. The molecule has 5 rings (SSSR count). The zero-order valence-corrected chi connectivity index (χ0v) is 19.3. The Morgan fingerprint density at radius 3 is 2.56 bits per heavy atom. The van der Waals surface area contributed by atoms with Crippen LogP contribution in [0.2, 0.25) is 5.02 Å². The van der Waals surface area contributed by atoms with Crippen molar-refractivity contribution in [3.8, 4) is 11.5 Å². The van der Waals surface area contributed by atoms with Crippen LogP contribution in [0.25, 0.3) is 0 Å². The Morgan fingerprint density at radius 2 is 1.74 bits per heavy atom. The number of halogens is 1. The van der Waals surface area contributed by atoms with Crippen molar-refractivity contribution in [3.05, 3.63) is 82.9 Å². The van der Waals surface area contributed by atoms with Gasteiger partial charge in [0.1, 0.15) is 13.2 Å². The average molecular weight is 478 g/mol. The van der Waals surface area contributed by atoms with E-state index in [1.165, 1.54) is 0 Å². The summed E-state index contributed by atoms with van der Waals surface area (Å²) in [5.74, 6) is 1.01. The summed E-state index contributed by atoms with van der Waals surface area (Å²) in [6, 6.07) is 19.9. The standard InChI is InChI=1S/C26H24ClN3O4/c27-20-7-5-18(6-8-20)17-29-11-2-12-30(26(29)32)22-4-1-3-19(15-22)25(31)28-21-9-10-23-24(16-21)34-14-13-33-23/h1,3-10,15-16H,2,11-14,17H2,(H,28,31). The average Bonchev–Trinajstić information content (AvgIpc) is 2.86. The zero-order chi connectivity index (χ0) is 23.5. The van der Waals surface area contributed by atoms with Crippen molar-refractivity contribution in [2.24, 2.45) is 0 Å². The molecule has 174 valence electrons. The number of carbonyl (C=O) groups is 2. The molecule has 0 atom stereocenters. The van der Waals surface area contributed by atoms with Gasteiger partial charge >= 0.3 is 6.03 Å². The lowest BCUT2D eigenvalue weighted by molar-refractivity contribution is 0.102. The maximum Gasteiger partial charge on any atom is 0.324 e. The van der Waals surface area contributed by atoms with Crippen LogP contribution in [0.4, 0.5) is 16.2 Å². The highest BCUT2D eigenvalue weighted by Gasteiger charge is 2.27. The summed E-state index contributed by atoms with van der Waals surface area (Å²) in [5, 5.41) is 3.56. The second kappa shape index (κ2) is 9.65. The van der Waals surface area contributed by atoms with E-state index in [1.807, 2.05) is 35.2 Å². The van der Waals surface area contributed by atoms with Gasteiger partial charge in [0, 0.05) is 47.7 Å². The van der Waals surface area contributed by atoms with Crippen LogP contribution in [-0.4, -0.2) is 43.1 Å². The molecule has 8 heteroatoms. The fourth-order valence-electron chi connectivity index (χ4n) is 4.12. The Hall–Kier alpha value is -3.71. The summed E-state index contributed by atoms with van der Waals surface area (Å²) in [7, 11) is 0.